The van der Waals surface area contributed by atoms with Gasteiger partial charge in [0.25, 0.3) is 0 Å². The molecule has 0 spiro atoms. The number of piperidine rings is 1. The van der Waals surface area contributed by atoms with Gasteiger partial charge in [-0.2, -0.15) is 0 Å². The van der Waals surface area contributed by atoms with E-state index in [0.29, 0.717) is 10.9 Å². The fourth-order valence-corrected chi connectivity index (χ4v) is 4.06. The summed E-state index contributed by atoms with van der Waals surface area (Å²) in [7, 11) is -3.21. The van der Waals surface area contributed by atoms with E-state index in [4.69, 9.17) is 0 Å². The second kappa shape index (κ2) is 7.36. The summed E-state index contributed by atoms with van der Waals surface area (Å²) >= 11 is 0. The Kier molecular flexibility index (Phi) is 5.21. The third-order valence-corrected chi connectivity index (χ3v) is 5.64. The molecular weight excluding hydrogens is 320 g/mol. The van der Waals surface area contributed by atoms with E-state index < -0.39 is 9.84 Å². The highest BCUT2D eigenvalue weighted by atomic mass is 32.2. The van der Waals surface area contributed by atoms with Crippen LogP contribution in [0.25, 0.3) is 0 Å². The third kappa shape index (κ3) is 4.36. The van der Waals surface area contributed by atoms with Gasteiger partial charge in [-0.1, -0.05) is 42.5 Å². The summed E-state index contributed by atoms with van der Waals surface area (Å²) in [5.41, 5.74) is 2.06. The maximum Gasteiger partial charge on any atom is 0.177 e. The maximum atomic E-state index is 11.9. The molecule has 2 aromatic carbocycles. The van der Waals surface area contributed by atoms with E-state index >= 15 is 0 Å². The summed E-state index contributed by atoms with van der Waals surface area (Å²) in [4.78, 5) is 2.84. The molecule has 1 fully saturated rings. The standard InChI is InChI=1S/C19H24N2O2S/c1-24(22,23)19-10-6-5-9-18(19)20-17-11-13-21(14-12-17)15-16-7-3-2-4-8-16/h2-10,17,20H,11-15H2,1H3. The summed E-state index contributed by atoms with van der Waals surface area (Å²) < 4.78 is 23.8. The molecule has 0 unspecified atom stereocenters. The molecule has 0 amide bonds. The molecule has 0 aromatic heterocycles. The minimum Gasteiger partial charge on any atom is -0.381 e. The molecule has 0 bridgehead atoms. The Bertz CT molecular complexity index is 767. The quantitative estimate of drug-likeness (QED) is 0.905. The second-order valence-corrected chi connectivity index (χ2v) is 8.43. The van der Waals surface area contributed by atoms with Gasteiger partial charge in [-0.15, -0.1) is 0 Å². The van der Waals surface area contributed by atoms with Crippen molar-refractivity contribution in [2.24, 2.45) is 0 Å². The number of hydrogen-bond acceptors (Lipinski definition) is 4. The first-order valence-corrected chi connectivity index (χ1v) is 10.2. The molecule has 1 N–H and O–H groups in total. The molecule has 2 aromatic rings. The van der Waals surface area contributed by atoms with Crippen molar-refractivity contribution in [2.75, 3.05) is 24.7 Å². The number of sulfone groups is 1. The molecule has 0 saturated carbocycles. The summed E-state index contributed by atoms with van der Waals surface area (Å²) in [6.07, 6.45) is 3.30. The van der Waals surface area contributed by atoms with Crippen LogP contribution < -0.4 is 5.32 Å². The molecule has 1 aliphatic rings. The predicted octanol–water partition coefficient (Wildman–Crippen LogP) is 3.17. The fraction of sp³-hybridized carbons (Fsp3) is 0.368. The largest absolute Gasteiger partial charge is 0.381 e. The average Bonchev–Trinajstić information content (AvgIpc) is 2.57. The first-order chi connectivity index (χ1) is 11.5. The number of anilines is 1. The van der Waals surface area contributed by atoms with Crippen LogP contribution in [0.1, 0.15) is 18.4 Å². The minimum absolute atomic E-state index is 0.319. The first-order valence-electron chi connectivity index (χ1n) is 8.34. The van der Waals surface area contributed by atoms with Gasteiger partial charge >= 0.3 is 0 Å². The van der Waals surface area contributed by atoms with Crippen molar-refractivity contribution in [3.63, 3.8) is 0 Å². The van der Waals surface area contributed by atoms with Gasteiger partial charge in [-0.3, -0.25) is 4.90 Å². The highest BCUT2D eigenvalue weighted by Crippen LogP contribution is 2.24. The highest BCUT2D eigenvalue weighted by molar-refractivity contribution is 7.90. The number of nitrogens with zero attached hydrogens (tertiary/aromatic N) is 1. The summed E-state index contributed by atoms with van der Waals surface area (Å²) in [6.45, 7) is 3.02. The van der Waals surface area contributed by atoms with Crippen LogP contribution in [0.5, 0.6) is 0 Å². The van der Waals surface area contributed by atoms with Crippen LogP contribution in [-0.2, 0) is 16.4 Å². The van der Waals surface area contributed by atoms with Gasteiger partial charge in [0.15, 0.2) is 9.84 Å². The molecule has 5 heteroatoms. The van der Waals surface area contributed by atoms with Crippen molar-refractivity contribution in [3.05, 3.63) is 60.2 Å². The molecule has 128 valence electrons. The Morgan fingerprint density at radius 3 is 2.29 bits per heavy atom. The molecule has 4 nitrogen and oxygen atoms in total. The fourth-order valence-electron chi connectivity index (χ4n) is 3.21. The van der Waals surface area contributed by atoms with Crippen molar-refractivity contribution in [1.82, 2.24) is 4.90 Å². The van der Waals surface area contributed by atoms with Gasteiger partial charge in [0.05, 0.1) is 10.6 Å². The van der Waals surface area contributed by atoms with Gasteiger partial charge in [-0.25, -0.2) is 8.42 Å². The molecule has 1 saturated heterocycles. The van der Waals surface area contributed by atoms with E-state index in [9.17, 15) is 8.42 Å². The smallest absolute Gasteiger partial charge is 0.177 e. The number of benzene rings is 2. The molecule has 1 heterocycles. The SMILES string of the molecule is CS(=O)(=O)c1ccccc1NC1CCN(Cc2ccccc2)CC1. The first kappa shape index (κ1) is 17.0. The normalized spacial score (nSPS) is 16.9. The van der Waals surface area contributed by atoms with Crippen LogP contribution in [0.4, 0.5) is 5.69 Å². The number of hydrogen-bond donors (Lipinski definition) is 1. The van der Waals surface area contributed by atoms with Gasteiger partial charge in [0, 0.05) is 31.9 Å². The van der Waals surface area contributed by atoms with Crippen molar-refractivity contribution < 1.29 is 8.42 Å². The van der Waals surface area contributed by atoms with Crippen LogP contribution in [0.15, 0.2) is 59.5 Å². The van der Waals surface area contributed by atoms with Crippen molar-refractivity contribution in [3.8, 4) is 0 Å². The third-order valence-electron chi connectivity index (χ3n) is 4.48. The zero-order chi connectivity index (χ0) is 17.0. The van der Waals surface area contributed by atoms with Gasteiger partial charge < -0.3 is 5.32 Å². The molecule has 24 heavy (non-hydrogen) atoms. The Hall–Kier alpha value is -1.85. The Morgan fingerprint density at radius 2 is 1.62 bits per heavy atom. The van der Waals surface area contributed by atoms with E-state index in [1.807, 2.05) is 18.2 Å². The Labute approximate surface area is 144 Å². The molecule has 1 aliphatic heterocycles. The Balaban J connectivity index is 1.58. The van der Waals surface area contributed by atoms with E-state index in [1.54, 1.807) is 12.1 Å². The summed E-state index contributed by atoms with van der Waals surface area (Å²) in [5, 5.41) is 3.43. The number of likely N-dealkylation sites (tertiary alicyclic amines) is 1. The minimum atomic E-state index is -3.21. The lowest BCUT2D eigenvalue weighted by atomic mass is 10.0. The lowest BCUT2D eigenvalue weighted by molar-refractivity contribution is 0.211. The molecule has 0 aliphatic carbocycles. The van der Waals surface area contributed by atoms with E-state index in [2.05, 4.69) is 34.5 Å². The van der Waals surface area contributed by atoms with Crippen molar-refractivity contribution >= 4 is 15.5 Å². The average molecular weight is 344 g/mol. The zero-order valence-corrected chi connectivity index (χ0v) is 14.8. The van der Waals surface area contributed by atoms with Crippen LogP contribution >= 0.6 is 0 Å². The second-order valence-electron chi connectivity index (χ2n) is 6.45. The summed E-state index contributed by atoms with van der Waals surface area (Å²) in [5.74, 6) is 0. The number of nitrogens with one attached hydrogen (secondary N) is 1. The number of rotatable bonds is 5. The molecular formula is C19H24N2O2S. The topological polar surface area (TPSA) is 49.4 Å². The summed E-state index contributed by atoms with van der Waals surface area (Å²) in [6, 6.07) is 18.0. The van der Waals surface area contributed by atoms with Gasteiger partial charge in [-0.05, 0) is 30.5 Å². The zero-order valence-electron chi connectivity index (χ0n) is 14.0. The van der Waals surface area contributed by atoms with E-state index in [1.165, 1.54) is 11.8 Å². The molecule has 0 radical (unpaired) electrons. The van der Waals surface area contributed by atoms with Crippen LogP contribution in [-0.4, -0.2) is 38.7 Å². The van der Waals surface area contributed by atoms with E-state index in [0.717, 1.165) is 38.2 Å². The van der Waals surface area contributed by atoms with Crippen molar-refractivity contribution in [1.29, 1.82) is 0 Å². The molecule has 0 atom stereocenters. The lowest BCUT2D eigenvalue weighted by Gasteiger charge is -2.33. The van der Waals surface area contributed by atoms with Gasteiger partial charge in [0.1, 0.15) is 0 Å². The lowest BCUT2D eigenvalue weighted by Crippen LogP contribution is -2.38. The van der Waals surface area contributed by atoms with E-state index in [-0.39, 0.29) is 0 Å². The number of para-hydroxylation sites is 1. The maximum absolute atomic E-state index is 11.9. The van der Waals surface area contributed by atoms with Gasteiger partial charge in [0.2, 0.25) is 0 Å². The van der Waals surface area contributed by atoms with Crippen LogP contribution in [0, 0.1) is 0 Å². The highest BCUT2D eigenvalue weighted by Gasteiger charge is 2.21. The van der Waals surface area contributed by atoms with Crippen LogP contribution in [0.3, 0.4) is 0 Å². The molecule has 3 rings (SSSR count). The predicted molar refractivity (Wildman–Crippen MR) is 97.9 cm³/mol. The Morgan fingerprint density at radius 1 is 1.00 bits per heavy atom. The monoisotopic (exact) mass is 344 g/mol. The van der Waals surface area contributed by atoms with Crippen molar-refractivity contribution in [2.45, 2.75) is 30.3 Å². The van der Waals surface area contributed by atoms with Crippen LogP contribution in [0.2, 0.25) is 0 Å².